The summed E-state index contributed by atoms with van der Waals surface area (Å²) >= 11 is 0. The Labute approximate surface area is 97.1 Å². The number of halogens is 4. The first-order valence-electron chi connectivity index (χ1n) is 5.29. The smallest absolute Gasteiger partial charge is 0.253 e. The van der Waals surface area contributed by atoms with E-state index >= 15 is 0 Å². The van der Waals surface area contributed by atoms with Crippen LogP contribution in [-0.4, -0.2) is 11.0 Å². The van der Waals surface area contributed by atoms with Gasteiger partial charge in [0.2, 0.25) is 11.6 Å². The van der Waals surface area contributed by atoms with Crippen LogP contribution in [0, 0.1) is 29.4 Å². The monoisotopic (exact) mass is 250 g/mol. The lowest BCUT2D eigenvalue weighted by Crippen LogP contribution is -2.20. The first kappa shape index (κ1) is 13.7. The Balaban J connectivity index is 2.97. The normalized spacial score (nSPS) is 12.9. The van der Waals surface area contributed by atoms with Crippen molar-refractivity contribution in [2.75, 3.05) is 5.32 Å². The van der Waals surface area contributed by atoms with Crippen molar-refractivity contribution in [2.24, 2.45) is 5.92 Å². The minimum atomic E-state index is -1.65. The molecule has 0 aliphatic rings. The van der Waals surface area contributed by atoms with Crippen molar-refractivity contribution >= 4 is 5.69 Å². The summed E-state index contributed by atoms with van der Waals surface area (Å²) in [6.07, 6.45) is 0.616. The zero-order valence-electron chi connectivity index (χ0n) is 9.82. The lowest BCUT2D eigenvalue weighted by molar-refractivity contribution is 0.408. The molecule has 1 rings (SSSR count). The van der Waals surface area contributed by atoms with Crippen molar-refractivity contribution in [3.63, 3.8) is 0 Å². The van der Waals surface area contributed by atoms with Crippen LogP contribution in [-0.2, 0) is 0 Å². The van der Waals surface area contributed by atoms with Gasteiger partial charge in [0, 0.05) is 6.04 Å². The number of hydrogen-bond donors (Lipinski definition) is 1. The van der Waals surface area contributed by atoms with Crippen LogP contribution in [0.3, 0.4) is 0 Å². The highest BCUT2D eigenvalue weighted by atomic mass is 19.2. The zero-order chi connectivity index (χ0) is 13.2. The summed E-state index contributed by atoms with van der Waals surface area (Å²) in [5, 5.41) is 2.42. The summed E-state index contributed by atoms with van der Waals surface area (Å²) < 4.78 is 52.1. The molecule has 0 bridgehead atoms. The van der Waals surface area contributed by atoms with E-state index in [9.17, 15) is 17.6 Å². The van der Waals surface area contributed by atoms with Gasteiger partial charge in [-0.05, 0) is 19.3 Å². The summed E-state index contributed by atoms with van der Waals surface area (Å²) in [6, 6.07) is -0.305. The van der Waals surface area contributed by atoms with Gasteiger partial charge in [0.05, 0.1) is 0 Å². The first-order valence-corrected chi connectivity index (χ1v) is 5.29. The highest BCUT2D eigenvalue weighted by molar-refractivity contribution is 5.46. The molecule has 0 radical (unpaired) electrons. The highest BCUT2D eigenvalue weighted by Gasteiger charge is 2.21. The molecule has 0 aliphatic heterocycles. The predicted molar refractivity (Wildman–Crippen MR) is 56.6 cm³/mol. The highest BCUT2D eigenvalue weighted by Crippen LogP contribution is 2.23. The van der Waals surface area contributed by atoms with E-state index in [0.717, 1.165) is 0 Å². The Hall–Kier alpha value is -1.33. The number of hydrogen-bond acceptors (Lipinski definition) is 2. The van der Waals surface area contributed by atoms with E-state index in [1.54, 1.807) is 6.92 Å². The standard InChI is InChI=1S/C11H14F4N2/c1-5(2)4-6(3)16-9-7(12)10(14)17-11(15)8(9)13/h5-6H,4H2,1-3H3,(H,16,17). The van der Waals surface area contributed by atoms with Crippen LogP contribution in [0.25, 0.3) is 0 Å². The van der Waals surface area contributed by atoms with E-state index in [0.29, 0.717) is 12.3 Å². The third-order valence-electron chi connectivity index (χ3n) is 2.21. The molecule has 0 aromatic carbocycles. The molecule has 6 heteroatoms. The molecular weight excluding hydrogens is 236 g/mol. The second-order valence-electron chi connectivity index (χ2n) is 4.37. The van der Waals surface area contributed by atoms with Crippen molar-refractivity contribution < 1.29 is 17.6 Å². The van der Waals surface area contributed by atoms with Crippen LogP contribution < -0.4 is 5.32 Å². The fourth-order valence-electron chi connectivity index (χ4n) is 1.63. The summed E-state index contributed by atoms with van der Waals surface area (Å²) in [7, 11) is 0. The maximum atomic E-state index is 13.2. The van der Waals surface area contributed by atoms with Crippen molar-refractivity contribution in [2.45, 2.75) is 33.2 Å². The van der Waals surface area contributed by atoms with Crippen molar-refractivity contribution in [3.05, 3.63) is 23.5 Å². The Morgan fingerprint density at radius 1 is 1.00 bits per heavy atom. The average molecular weight is 250 g/mol. The van der Waals surface area contributed by atoms with E-state index in [-0.39, 0.29) is 6.04 Å². The van der Waals surface area contributed by atoms with Gasteiger partial charge in [-0.2, -0.15) is 22.5 Å². The molecule has 1 unspecified atom stereocenters. The maximum absolute atomic E-state index is 13.2. The van der Waals surface area contributed by atoms with Gasteiger partial charge in [-0.15, -0.1) is 0 Å². The Morgan fingerprint density at radius 2 is 1.47 bits per heavy atom. The van der Waals surface area contributed by atoms with Gasteiger partial charge in [0.1, 0.15) is 5.69 Å². The molecule has 2 nitrogen and oxygen atoms in total. The fourth-order valence-corrected chi connectivity index (χ4v) is 1.63. The first-order chi connectivity index (χ1) is 7.82. The van der Waals surface area contributed by atoms with E-state index in [2.05, 4.69) is 10.3 Å². The quantitative estimate of drug-likeness (QED) is 0.653. The number of aromatic nitrogens is 1. The molecule has 1 aromatic rings. The van der Waals surface area contributed by atoms with Crippen molar-refractivity contribution in [1.29, 1.82) is 0 Å². The number of anilines is 1. The molecule has 0 saturated heterocycles. The molecular formula is C11H14F4N2. The summed E-state index contributed by atoms with van der Waals surface area (Å²) in [6.45, 7) is 5.53. The Morgan fingerprint density at radius 3 is 1.88 bits per heavy atom. The molecule has 0 amide bonds. The fraction of sp³-hybridized carbons (Fsp3) is 0.545. The Kier molecular flexibility index (Phi) is 4.31. The van der Waals surface area contributed by atoms with E-state index < -0.39 is 29.2 Å². The predicted octanol–water partition coefficient (Wildman–Crippen LogP) is 3.48. The minimum Gasteiger partial charge on any atom is -0.378 e. The summed E-state index contributed by atoms with van der Waals surface area (Å²) in [5.41, 5.74) is -0.803. The van der Waals surface area contributed by atoms with Gasteiger partial charge in [-0.25, -0.2) is 0 Å². The van der Waals surface area contributed by atoms with Crippen LogP contribution in [0.15, 0.2) is 0 Å². The number of rotatable bonds is 4. The summed E-state index contributed by atoms with van der Waals surface area (Å²) in [4.78, 5) is 2.48. The van der Waals surface area contributed by atoms with Gasteiger partial charge in [0.25, 0.3) is 11.9 Å². The van der Waals surface area contributed by atoms with E-state index in [1.165, 1.54) is 0 Å². The van der Waals surface area contributed by atoms with E-state index in [1.807, 2.05) is 13.8 Å². The van der Waals surface area contributed by atoms with Gasteiger partial charge in [-0.3, -0.25) is 0 Å². The number of nitrogens with one attached hydrogen (secondary N) is 1. The van der Waals surface area contributed by atoms with Crippen molar-refractivity contribution in [1.82, 2.24) is 4.98 Å². The van der Waals surface area contributed by atoms with Gasteiger partial charge in [-0.1, -0.05) is 13.8 Å². The molecule has 1 N–H and O–H groups in total. The van der Waals surface area contributed by atoms with Gasteiger partial charge < -0.3 is 5.32 Å². The topological polar surface area (TPSA) is 24.9 Å². The largest absolute Gasteiger partial charge is 0.378 e. The molecule has 17 heavy (non-hydrogen) atoms. The molecule has 1 atom stereocenters. The van der Waals surface area contributed by atoms with Gasteiger partial charge in [0.15, 0.2) is 0 Å². The van der Waals surface area contributed by atoms with Crippen LogP contribution in [0.5, 0.6) is 0 Å². The summed E-state index contributed by atoms with van der Waals surface area (Å²) in [5.74, 6) is -6.01. The second-order valence-corrected chi connectivity index (χ2v) is 4.37. The van der Waals surface area contributed by atoms with Gasteiger partial charge >= 0.3 is 0 Å². The van der Waals surface area contributed by atoms with Crippen molar-refractivity contribution in [3.8, 4) is 0 Å². The van der Waals surface area contributed by atoms with Crippen LogP contribution in [0.2, 0.25) is 0 Å². The molecule has 96 valence electrons. The second kappa shape index (κ2) is 5.33. The molecule has 1 heterocycles. The minimum absolute atomic E-state index is 0.292. The molecule has 0 fully saturated rings. The Bertz CT molecular complexity index is 381. The number of nitrogens with zero attached hydrogens (tertiary/aromatic N) is 1. The average Bonchev–Trinajstić information content (AvgIpc) is 2.20. The third-order valence-corrected chi connectivity index (χ3v) is 2.21. The lowest BCUT2D eigenvalue weighted by atomic mass is 10.1. The lowest BCUT2D eigenvalue weighted by Gasteiger charge is -2.18. The van der Waals surface area contributed by atoms with Crippen LogP contribution in [0.4, 0.5) is 23.2 Å². The SMILES string of the molecule is CC(C)CC(C)Nc1c(F)c(F)nc(F)c1F. The van der Waals surface area contributed by atoms with Crippen LogP contribution >= 0.6 is 0 Å². The van der Waals surface area contributed by atoms with E-state index in [4.69, 9.17) is 0 Å². The molecule has 0 saturated carbocycles. The van der Waals surface area contributed by atoms with Crippen LogP contribution in [0.1, 0.15) is 27.2 Å². The molecule has 0 aliphatic carbocycles. The molecule has 0 spiro atoms. The third kappa shape index (κ3) is 3.31. The molecule has 1 aromatic heterocycles. The maximum Gasteiger partial charge on any atom is 0.253 e. The number of pyridine rings is 1. The zero-order valence-corrected chi connectivity index (χ0v) is 9.82.